The average Bonchev–Trinajstić information content (AvgIpc) is 2.65. The highest BCUT2D eigenvalue weighted by molar-refractivity contribution is 7.91. The molecule has 0 aliphatic rings. The number of nitrogen functional groups attached to an aromatic ring is 1. The molecule has 1 amide bonds. The number of carbonyl (C=O) groups is 1. The zero-order valence-corrected chi connectivity index (χ0v) is 12.6. The second kappa shape index (κ2) is 6.20. The number of carbonyl (C=O) groups excluding carboxylic acids is 1. The van der Waals surface area contributed by atoms with Gasteiger partial charge in [0.15, 0.2) is 15.7 Å². The Kier molecular flexibility index (Phi) is 5.12. The van der Waals surface area contributed by atoms with Crippen LogP contribution in [0.2, 0.25) is 0 Å². The Bertz CT molecular complexity index is 553. The number of rotatable bonds is 7. The van der Waals surface area contributed by atoms with Gasteiger partial charge in [0, 0.05) is 12.8 Å². The molecule has 0 aromatic carbocycles. The van der Waals surface area contributed by atoms with Gasteiger partial charge in [-0.15, -0.1) is 0 Å². The van der Waals surface area contributed by atoms with E-state index in [9.17, 15) is 13.2 Å². The average molecular weight is 306 g/mol. The van der Waals surface area contributed by atoms with E-state index >= 15 is 0 Å². The lowest BCUT2D eigenvalue weighted by Crippen LogP contribution is -2.34. The normalized spacial score (nSPS) is 11.5. The van der Waals surface area contributed by atoms with E-state index in [0.29, 0.717) is 11.5 Å². The molecule has 0 saturated heterocycles. The SMILES string of the molecule is CCCCN(CC(N)=O)c1snc(N)c1S(C)(=O)=O. The molecule has 1 rings (SSSR count). The van der Waals surface area contributed by atoms with Crippen molar-refractivity contribution < 1.29 is 13.2 Å². The number of unbranched alkanes of at least 4 members (excludes halogenated alkanes) is 1. The van der Waals surface area contributed by atoms with E-state index in [1.807, 2.05) is 6.92 Å². The Hall–Kier alpha value is -1.35. The summed E-state index contributed by atoms with van der Waals surface area (Å²) in [5, 5.41) is 0.382. The van der Waals surface area contributed by atoms with E-state index < -0.39 is 15.7 Å². The zero-order chi connectivity index (χ0) is 14.6. The van der Waals surface area contributed by atoms with Crippen molar-refractivity contribution in [3.63, 3.8) is 0 Å². The molecule has 1 aromatic rings. The first-order valence-electron chi connectivity index (χ1n) is 5.75. The molecule has 1 aromatic heterocycles. The van der Waals surface area contributed by atoms with Gasteiger partial charge < -0.3 is 16.4 Å². The predicted molar refractivity (Wildman–Crippen MR) is 76.0 cm³/mol. The number of nitrogens with two attached hydrogens (primary N) is 2. The number of hydrogen-bond donors (Lipinski definition) is 2. The van der Waals surface area contributed by atoms with Crippen molar-refractivity contribution in [2.45, 2.75) is 24.7 Å². The summed E-state index contributed by atoms with van der Waals surface area (Å²) in [5.74, 6) is -0.559. The lowest BCUT2D eigenvalue weighted by Gasteiger charge is -2.21. The number of sulfone groups is 1. The molecule has 0 fully saturated rings. The second-order valence-corrected chi connectivity index (χ2v) is 6.92. The molecule has 0 atom stereocenters. The van der Waals surface area contributed by atoms with E-state index in [0.717, 1.165) is 30.6 Å². The van der Waals surface area contributed by atoms with Crippen LogP contribution in [0.5, 0.6) is 0 Å². The maximum Gasteiger partial charge on any atom is 0.236 e. The summed E-state index contributed by atoms with van der Waals surface area (Å²) in [6, 6.07) is 0. The molecule has 19 heavy (non-hydrogen) atoms. The fourth-order valence-electron chi connectivity index (χ4n) is 1.62. The highest BCUT2D eigenvalue weighted by Crippen LogP contribution is 2.34. The minimum Gasteiger partial charge on any atom is -0.382 e. The fourth-order valence-corrected chi connectivity index (χ4v) is 3.85. The third-order valence-corrected chi connectivity index (χ3v) is 4.64. The van der Waals surface area contributed by atoms with Gasteiger partial charge in [0.2, 0.25) is 5.91 Å². The summed E-state index contributed by atoms with van der Waals surface area (Å²) >= 11 is 0.968. The van der Waals surface area contributed by atoms with Crippen LogP contribution in [-0.4, -0.2) is 38.0 Å². The summed E-state index contributed by atoms with van der Waals surface area (Å²) in [6.07, 6.45) is 2.80. The lowest BCUT2D eigenvalue weighted by molar-refractivity contribution is -0.116. The van der Waals surface area contributed by atoms with E-state index in [1.165, 1.54) is 0 Å². The van der Waals surface area contributed by atoms with Crippen LogP contribution in [0.3, 0.4) is 0 Å². The van der Waals surface area contributed by atoms with Gasteiger partial charge in [-0.2, -0.15) is 4.37 Å². The first-order chi connectivity index (χ1) is 8.77. The highest BCUT2D eigenvalue weighted by Gasteiger charge is 2.25. The van der Waals surface area contributed by atoms with Crippen LogP contribution < -0.4 is 16.4 Å². The summed E-state index contributed by atoms with van der Waals surface area (Å²) in [5.41, 5.74) is 10.8. The molecule has 0 aliphatic heterocycles. The van der Waals surface area contributed by atoms with Gasteiger partial charge >= 0.3 is 0 Å². The molecule has 1 heterocycles. The number of hydrogen-bond acceptors (Lipinski definition) is 7. The maximum absolute atomic E-state index is 11.7. The fraction of sp³-hybridized carbons (Fsp3) is 0.600. The third kappa shape index (κ3) is 4.06. The van der Waals surface area contributed by atoms with E-state index in [4.69, 9.17) is 11.5 Å². The molecular formula is C10H18N4O3S2. The number of primary amides is 1. The number of aromatic nitrogens is 1. The smallest absolute Gasteiger partial charge is 0.236 e. The van der Waals surface area contributed by atoms with Gasteiger partial charge in [0.25, 0.3) is 0 Å². The maximum atomic E-state index is 11.7. The molecule has 0 saturated carbocycles. The van der Waals surface area contributed by atoms with Crippen LogP contribution in [0.4, 0.5) is 10.8 Å². The molecule has 0 radical (unpaired) electrons. The van der Waals surface area contributed by atoms with E-state index in [1.54, 1.807) is 4.90 Å². The number of nitrogens with zero attached hydrogens (tertiary/aromatic N) is 2. The van der Waals surface area contributed by atoms with Gasteiger partial charge in [0.1, 0.15) is 9.90 Å². The van der Waals surface area contributed by atoms with Gasteiger partial charge in [-0.25, -0.2) is 8.42 Å². The van der Waals surface area contributed by atoms with Crippen molar-refractivity contribution in [2.24, 2.45) is 5.73 Å². The number of anilines is 2. The summed E-state index contributed by atoms with van der Waals surface area (Å²) in [7, 11) is -3.50. The quantitative estimate of drug-likeness (QED) is 0.743. The van der Waals surface area contributed by atoms with Crippen LogP contribution >= 0.6 is 11.5 Å². The van der Waals surface area contributed by atoms with E-state index in [-0.39, 0.29) is 17.3 Å². The predicted octanol–water partition coefficient (Wildman–Crippen LogP) is 0.221. The molecule has 4 N–H and O–H groups in total. The van der Waals surface area contributed by atoms with Gasteiger partial charge in [-0.05, 0) is 18.0 Å². The summed E-state index contributed by atoms with van der Waals surface area (Å²) < 4.78 is 27.4. The molecular weight excluding hydrogens is 288 g/mol. The van der Waals surface area contributed by atoms with Crippen molar-refractivity contribution >= 4 is 38.1 Å². The van der Waals surface area contributed by atoms with Crippen molar-refractivity contribution in [3.05, 3.63) is 0 Å². The molecule has 0 unspecified atom stereocenters. The van der Waals surface area contributed by atoms with Crippen LogP contribution in [0.25, 0.3) is 0 Å². The first-order valence-corrected chi connectivity index (χ1v) is 8.42. The first kappa shape index (κ1) is 15.7. The topological polar surface area (TPSA) is 119 Å². The van der Waals surface area contributed by atoms with Crippen molar-refractivity contribution in [1.29, 1.82) is 0 Å². The molecule has 108 valence electrons. The van der Waals surface area contributed by atoms with Crippen LogP contribution in [-0.2, 0) is 14.6 Å². The molecule has 9 heteroatoms. The molecule has 0 spiro atoms. The Morgan fingerprint density at radius 3 is 2.58 bits per heavy atom. The summed E-state index contributed by atoms with van der Waals surface area (Å²) in [4.78, 5) is 12.7. The Morgan fingerprint density at radius 2 is 2.11 bits per heavy atom. The third-order valence-electron chi connectivity index (χ3n) is 2.44. The lowest BCUT2D eigenvalue weighted by atomic mass is 10.3. The van der Waals surface area contributed by atoms with Gasteiger partial charge in [0.05, 0.1) is 6.54 Å². The Labute approximate surface area is 116 Å². The minimum atomic E-state index is -3.50. The highest BCUT2D eigenvalue weighted by atomic mass is 32.2. The second-order valence-electron chi connectivity index (χ2n) is 4.22. The monoisotopic (exact) mass is 306 g/mol. The molecule has 7 nitrogen and oxygen atoms in total. The van der Waals surface area contributed by atoms with Gasteiger partial charge in [-0.1, -0.05) is 13.3 Å². The van der Waals surface area contributed by atoms with Crippen molar-refractivity contribution in [3.8, 4) is 0 Å². The Morgan fingerprint density at radius 1 is 1.47 bits per heavy atom. The van der Waals surface area contributed by atoms with E-state index in [2.05, 4.69) is 4.37 Å². The van der Waals surface area contributed by atoms with Crippen molar-refractivity contribution in [1.82, 2.24) is 4.37 Å². The molecule has 0 bridgehead atoms. The Balaban J connectivity index is 3.19. The van der Waals surface area contributed by atoms with Crippen LogP contribution in [0.1, 0.15) is 19.8 Å². The molecule has 0 aliphatic carbocycles. The zero-order valence-electron chi connectivity index (χ0n) is 10.9. The van der Waals surface area contributed by atoms with Crippen molar-refractivity contribution in [2.75, 3.05) is 30.0 Å². The number of amides is 1. The summed E-state index contributed by atoms with van der Waals surface area (Å²) in [6.45, 7) is 2.48. The van der Waals surface area contributed by atoms with Crippen LogP contribution in [0, 0.1) is 0 Å². The van der Waals surface area contributed by atoms with Gasteiger partial charge in [-0.3, -0.25) is 4.79 Å². The standard InChI is InChI=1S/C10H18N4O3S2/c1-3-4-5-14(6-7(11)15)10-8(19(2,16)17)9(12)13-18-10/h3-6H2,1-2H3,(H2,11,15)(H2,12,13). The largest absolute Gasteiger partial charge is 0.382 e. The van der Waals surface area contributed by atoms with Crippen LogP contribution in [0.15, 0.2) is 4.90 Å². The minimum absolute atomic E-state index is 0.0187.